The third-order valence-electron chi connectivity index (χ3n) is 3.13. The number of rotatable bonds is 10. The van der Waals surface area contributed by atoms with Crippen molar-refractivity contribution in [1.29, 1.82) is 0 Å². The first kappa shape index (κ1) is 17.0. The lowest BCUT2D eigenvalue weighted by Crippen LogP contribution is -2.22. The topological polar surface area (TPSA) is 34.1 Å². The molecule has 1 aromatic rings. The Bertz CT molecular complexity index is 377. The SMILES string of the molecule is CCCCCOc1cc(CNC(C)C)cc(CCC)n1. The maximum Gasteiger partial charge on any atom is 0.213 e. The number of unbranched alkanes of at least 4 members (excludes halogenated alkanes) is 2. The molecule has 0 aliphatic carbocycles. The molecule has 1 aromatic heterocycles. The van der Waals surface area contributed by atoms with Crippen LogP contribution in [0.1, 0.15) is 64.6 Å². The molecule has 0 atom stereocenters. The van der Waals surface area contributed by atoms with Gasteiger partial charge in [-0.3, -0.25) is 0 Å². The molecule has 0 spiro atoms. The Morgan fingerprint density at radius 1 is 1.15 bits per heavy atom. The van der Waals surface area contributed by atoms with Crippen molar-refractivity contribution < 1.29 is 4.74 Å². The van der Waals surface area contributed by atoms with Crippen LogP contribution in [0.25, 0.3) is 0 Å². The zero-order valence-electron chi connectivity index (χ0n) is 13.5. The van der Waals surface area contributed by atoms with Crippen LogP contribution >= 0.6 is 0 Å². The van der Waals surface area contributed by atoms with E-state index in [2.05, 4.69) is 50.1 Å². The minimum atomic E-state index is 0.492. The van der Waals surface area contributed by atoms with Crippen LogP contribution in [0, 0.1) is 0 Å². The lowest BCUT2D eigenvalue weighted by Gasteiger charge is -2.12. The summed E-state index contributed by atoms with van der Waals surface area (Å²) >= 11 is 0. The van der Waals surface area contributed by atoms with Gasteiger partial charge in [0.1, 0.15) is 0 Å². The smallest absolute Gasteiger partial charge is 0.213 e. The number of nitrogens with one attached hydrogen (secondary N) is 1. The van der Waals surface area contributed by atoms with E-state index in [0.717, 1.165) is 44.0 Å². The molecular formula is C17H30N2O. The number of pyridine rings is 1. The summed E-state index contributed by atoms with van der Waals surface area (Å²) in [5.41, 5.74) is 2.41. The number of hydrogen-bond acceptors (Lipinski definition) is 3. The molecule has 0 aliphatic heterocycles. The van der Waals surface area contributed by atoms with Gasteiger partial charge in [-0.25, -0.2) is 4.98 Å². The van der Waals surface area contributed by atoms with Crippen LogP contribution < -0.4 is 10.1 Å². The van der Waals surface area contributed by atoms with E-state index in [9.17, 15) is 0 Å². The van der Waals surface area contributed by atoms with E-state index in [-0.39, 0.29) is 0 Å². The molecule has 0 saturated heterocycles. The predicted octanol–water partition coefficient (Wildman–Crippen LogP) is 4.10. The molecule has 0 aliphatic rings. The molecule has 0 aromatic carbocycles. The molecule has 0 bridgehead atoms. The summed E-state index contributed by atoms with van der Waals surface area (Å²) in [6.45, 7) is 10.4. The summed E-state index contributed by atoms with van der Waals surface area (Å²) in [7, 11) is 0. The average molecular weight is 278 g/mol. The highest BCUT2D eigenvalue weighted by Gasteiger charge is 2.04. The fourth-order valence-electron chi connectivity index (χ4n) is 2.03. The highest BCUT2D eigenvalue weighted by molar-refractivity contribution is 5.25. The first-order valence-corrected chi connectivity index (χ1v) is 8.01. The second-order valence-electron chi connectivity index (χ2n) is 5.65. The van der Waals surface area contributed by atoms with E-state index >= 15 is 0 Å². The van der Waals surface area contributed by atoms with Gasteiger partial charge < -0.3 is 10.1 Å². The van der Waals surface area contributed by atoms with Gasteiger partial charge in [0, 0.05) is 24.3 Å². The molecule has 0 unspecified atom stereocenters. The third-order valence-corrected chi connectivity index (χ3v) is 3.13. The van der Waals surface area contributed by atoms with E-state index in [1.807, 2.05) is 0 Å². The molecule has 3 heteroatoms. The number of nitrogens with zero attached hydrogens (tertiary/aromatic N) is 1. The Labute approximate surface area is 124 Å². The van der Waals surface area contributed by atoms with Crippen molar-refractivity contribution in [2.45, 2.75) is 72.4 Å². The molecule has 20 heavy (non-hydrogen) atoms. The molecule has 1 N–H and O–H groups in total. The highest BCUT2D eigenvalue weighted by Crippen LogP contribution is 2.15. The van der Waals surface area contributed by atoms with Crippen molar-refractivity contribution in [3.8, 4) is 5.88 Å². The minimum Gasteiger partial charge on any atom is -0.478 e. The number of hydrogen-bond donors (Lipinski definition) is 1. The normalized spacial score (nSPS) is 11.1. The molecular weight excluding hydrogens is 248 g/mol. The van der Waals surface area contributed by atoms with Crippen molar-refractivity contribution >= 4 is 0 Å². The van der Waals surface area contributed by atoms with Gasteiger partial charge in [-0.15, -0.1) is 0 Å². The number of ether oxygens (including phenoxy) is 1. The summed E-state index contributed by atoms with van der Waals surface area (Å²) in [5, 5.41) is 3.45. The van der Waals surface area contributed by atoms with Crippen LogP contribution in [0.5, 0.6) is 5.88 Å². The van der Waals surface area contributed by atoms with Crippen LogP contribution in [0.15, 0.2) is 12.1 Å². The molecule has 0 radical (unpaired) electrons. The third kappa shape index (κ3) is 6.90. The molecule has 0 amide bonds. The first-order valence-electron chi connectivity index (χ1n) is 8.01. The van der Waals surface area contributed by atoms with Crippen LogP contribution in [-0.2, 0) is 13.0 Å². The second kappa shape index (κ2) is 9.76. The van der Waals surface area contributed by atoms with Crippen LogP contribution in [0.4, 0.5) is 0 Å². The van der Waals surface area contributed by atoms with Crippen molar-refractivity contribution in [2.75, 3.05) is 6.61 Å². The lowest BCUT2D eigenvalue weighted by molar-refractivity contribution is 0.293. The first-order chi connectivity index (χ1) is 9.65. The Hall–Kier alpha value is -1.09. The number of aromatic nitrogens is 1. The van der Waals surface area contributed by atoms with Crippen LogP contribution in [0.3, 0.4) is 0 Å². The van der Waals surface area contributed by atoms with Gasteiger partial charge in [-0.1, -0.05) is 47.0 Å². The standard InChI is InChI=1S/C17H30N2O/c1-5-7-8-10-20-17-12-15(13-18-14(3)4)11-16(19-17)9-6-2/h11-12,14,18H,5-10,13H2,1-4H3. The Kier molecular flexibility index (Phi) is 8.28. The quantitative estimate of drug-likeness (QED) is 0.654. The van der Waals surface area contributed by atoms with E-state index in [0.29, 0.717) is 6.04 Å². The predicted molar refractivity (Wildman–Crippen MR) is 85.2 cm³/mol. The minimum absolute atomic E-state index is 0.492. The maximum atomic E-state index is 5.80. The van der Waals surface area contributed by atoms with Crippen molar-refractivity contribution in [2.24, 2.45) is 0 Å². The van der Waals surface area contributed by atoms with Gasteiger partial charge in [0.15, 0.2) is 0 Å². The van der Waals surface area contributed by atoms with E-state index < -0.39 is 0 Å². The summed E-state index contributed by atoms with van der Waals surface area (Å²) < 4.78 is 5.80. The number of aryl methyl sites for hydroxylation is 1. The average Bonchev–Trinajstić information content (AvgIpc) is 2.42. The van der Waals surface area contributed by atoms with Gasteiger partial charge in [0.05, 0.1) is 6.61 Å². The molecule has 0 saturated carbocycles. The van der Waals surface area contributed by atoms with E-state index in [1.54, 1.807) is 0 Å². The fraction of sp³-hybridized carbons (Fsp3) is 0.706. The second-order valence-corrected chi connectivity index (χ2v) is 5.65. The molecule has 114 valence electrons. The Morgan fingerprint density at radius 3 is 2.60 bits per heavy atom. The lowest BCUT2D eigenvalue weighted by atomic mass is 10.1. The van der Waals surface area contributed by atoms with Gasteiger partial charge in [-0.05, 0) is 24.5 Å². The highest BCUT2D eigenvalue weighted by atomic mass is 16.5. The zero-order valence-corrected chi connectivity index (χ0v) is 13.5. The Balaban J connectivity index is 2.65. The van der Waals surface area contributed by atoms with E-state index in [1.165, 1.54) is 18.4 Å². The van der Waals surface area contributed by atoms with Gasteiger partial charge in [-0.2, -0.15) is 0 Å². The van der Waals surface area contributed by atoms with Crippen LogP contribution in [-0.4, -0.2) is 17.6 Å². The molecule has 0 fully saturated rings. The largest absolute Gasteiger partial charge is 0.478 e. The zero-order chi connectivity index (χ0) is 14.8. The van der Waals surface area contributed by atoms with Gasteiger partial charge >= 0.3 is 0 Å². The maximum absolute atomic E-state index is 5.80. The fourth-order valence-corrected chi connectivity index (χ4v) is 2.03. The van der Waals surface area contributed by atoms with Crippen molar-refractivity contribution in [1.82, 2.24) is 10.3 Å². The summed E-state index contributed by atoms with van der Waals surface area (Å²) in [6.07, 6.45) is 5.67. The summed E-state index contributed by atoms with van der Waals surface area (Å²) in [4.78, 5) is 4.60. The summed E-state index contributed by atoms with van der Waals surface area (Å²) in [6, 6.07) is 4.75. The van der Waals surface area contributed by atoms with E-state index in [4.69, 9.17) is 4.74 Å². The van der Waals surface area contributed by atoms with Crippen molar-refractivity contribution in [3.05, 3.63) is 23.4 Å². The molecule has 1 heterocycles. The monoisotopic (exact) mass is 278 g/mol. The Morgan fingerprint density at radius 2 is 1.95 bits per heavy atom. The van der Waals surface area contributed by atoms with Crippen LogP contribution in [0.2, 0.25) is 0 Å². The summed E-state index contributed by atoms with van der Waals surface area (Å²) in [5.74, 6) is 0.785. The molecule has 1 rings (SSSR count). The van der Waals surface area contributed by atoms with Crippen molar-refractivity contribution in [3.63, 3.8) is 0 Å². The van der Waals surface area contributed by atoms with Gasteiger partial charge in [0.25, 0.3) is 0 Å². The molecule has 3 nitrogen and oxygen atoms in total. The van der Waals surface area contributed by atoms with Gasteiger partial charge in [0.2, 0.25) is 5.88 Å².